The minimum absolute atomic E-state index is 0.584. The van der Waals surface area contributed by atoms with Gasteiger partial charge in [0.15, 0.2) is 5.17 Å². The molecule has 1 N–H and O–H groups in total. The topological polar surface area (TPSA) is 24.4 Å². The van der Waals surface area contributed by atoms with E-state index in [4.69, 9.17) is 0 Å². The Balaban J connectivity index is 1.77. The van der Waals surface area contributed by atoms with Crippen molar-refractivity contribution in [1.82, 2.24) is 5.32 Å². The Morgan fingerprint density at radius 2 is 2.57 bits per heavy atom. The monoisotopic (exact) mass is 226 g/mol. The first-order chi connectivity index (χ1) is 6.84. The number of hydrogen-bond acceptors (Lipinski definition) is 3. The summed E-state index contributed by atoms with van der Waals surface area (Å²) in [6.07, 6.45) is 1.07. The molecule has 0 amide bonds. The number of aliphatic imine (C=N–C) groups is 1. The van der Waals surface area contributed by atoms with Crippen molar-refractivity contribution in [1.29, 1.82) is 0 Å². The molecule has 1 atom stereocenters. The second-order valence-corrected chi connectivity index (χ2v) is 5.41. The van der Waals surface area contributed by atoms with E-state index in [1.807, 2.05) is 23.1 Å². The quantitative estimate of drug-likeness (QED) is 0.855. The summed E-state index contributed by atoms with van der Waals surface area (Å²) in [4.78, 5) is 5.95. The second-order valence-electron chi connectivity index (χ2n) is 3.37. The standard InChI is InChI=1S/C10H14N2S2/c1-8-7-14-10(12-8)11-5-4-9-3-2-6-13-9/h2-3,6,8H,4-5,7H2,1H3,(H,11,12). The molecule has 0 bridgehead atoms. The first-order valence-electron chi connectivity index (χ1n) is 4.81. The number of nitrogens with zero attached hydrogens (tertiary/aromatic N) is 1. The highest BCUT2D eigenvalue weighted by molar-refractivity contribution is 8.14. The van der Waals surface area contributed by atoms with Crippen LogP contribution >= 0.6 is 23.1 Å². The van der Waals surface area contributed by atoms with Gasteiger partial charge in [-0.05, 0) is 18.4 Å². The van der Waals surface area contributed by atoms with E-state index in [2.05, 4.69) is 34.7 Å². The van der Waals surface area contributed by atoms with Gasteiger partial charge in [-0.15, -0.1) is 11.3 Å². The van der Waals surface area contributed by atoms with Crippen LogP contribution in [0.3, 0.4) is 0 Å². The Morgan fingerprint density at radius 1 is 1.64 bits per heavy atom. The number of thiophene rings is 1. The van der Waals surface area contributed by atoms with Crippen LogP contribution in [0.25, 0.3) is 0 Å². The van der Waals surface area contributed by atoms with Crippen LogP contribution < -0.4 is 5.32 Å². The number of rotatable bonds is 3. The molecule has 0 aliphatic carbocycles. The van der Waals surface area contributed by atoms with E-state index in [-0.39, 0.29) is 0 Å². The first kappa shape index (κ1) is 10.1. The molecule has 76 valence electrons. The van der Waals surface area contributed by atoms with Crippen LogP contribution in [0.4, 0.5) is 0 Å². The fourth-order valence-electron chi connectivity index (χ4n) is 1.31. The van der Waals surface area contributed by atoms with E-state index in [1.165, 1.54) is 4.88 Å². The van der Waals surface area contributed by atoms with Crippen molar-refractivity contribution >= 4 is 28.3 Å². The van der Waals surface area contributed by atoms with Crippen LogP contribution in [-0.4, -0.2) is 23.5 Å². The fraction of sp³-hybridized carbons (Fsp3) is 0.500. The van der Waals surface area contributed by atoms with Gasteiger partial charge in [0.25, 0.3) is 0 Å². The Bertz CT molecular complexity index is 306. The molecule has 1 aromatic heterocycles. The lowest BCUT2D eigenvalue weighted by molar-refractivity contribution is 0.764. The highest BCUT2D eigenvalue weighted by atomic mass is 32.2. The zero-order valence-electron chi connectivity index (χ0n) is 8.19. The van der Waals surface area contributed by atoms with E-state index in [9.17, 15) is 0 Å². The summed E-state index contributed by atoms with van der Waals surface area (Å²) in [5.41, 5.74) is 0. The van der Waals surface area contributed by atoms with Crippen LogP contribution in [0, 0.1) is 0 Å². The van der Waals surface area contributed by atoms with Gasteiger partial charge in [0.2, 0.25) is 0 Å². The lowest BCUT2D eigenvalue weighted by Gasteiger charge is -2.00. The zero-order chi connectivity index (χ0) is 9.80. The van der Waals surface area contributed by atoms with Gasteiger partial charge in [-0.1, -0.05) is 17.8 Å². The van der Waals surface area contributed by atoms with Crippen LogP contribution in [0.1, 0.15) is 11.8 Å². The minimum atomic E-state index is 0.584. The van der Waals surface area contributed by atoms with Crippen molar-refractivity contribution in [2.45, 2.75) is 19.4 Å². The van der Waals surface area contributed by atoms with E-state index in [0.717, 1.165) is 23.9 Å². The van der Waals surface area contributed by atoms with Gasteiger partial charge in [0, 0.05) is 29.6 Å². The number of amidine groups is 1. The molecule has 1 aliphatic rings. The summed E-state index contributed by atoms with van der Waals surface area (Å²) in [7, 11) is 0. The molecule has 1 aromatic rings. The fourth-order valence-corrected chi connectivity index (χ4v) is 2.97. The van der Waals surface area contributed by atoms with Crippen molar-refractivity contribution in [3.63, 3.8) is 0 Å². The van der Waals surface area contributed by atoms with Gasteiger partial charge < -0.3 is 5.32 Å². The molecule has 1 saturated heterocycles. The van der Waals surface area contributed by atoms with Gasteiger partial charge in [-0.2, -0.15) is 0 Å². The molecule has 4 heteroatoms. The van der Waals surface area contributed by atoms with Gasteiger partial charge in [0.1, 0.15) is 0 Å². The summed E-state index contributed by atoms with van der Waals surface area (Å²) < 4.78 is 0. The minimum Gasteiger partial charge on any atom is -0.362 e. The second kappa shape index (κ2) is 4.84. The Kier molecular flexibility index (Phi) is 3.48. The molecule has 0 spiro atoms. The van der Waals surface area contributed by atoms with Crippen molar-refractivity contribution < 1.29 is 0 Å². The third kappa shape index (κ3) is 2.75. The summed E-state index contributed by atoms with van der Waals surface area (Å²) in [6, 6.07) is 4.85. The molecule has 0 aromatic carbocycles. The maximum Gasteiger partial charge on any atom is 0.156 e. The lowest BCUT2D eigenvalue weighted by atomic mass is 10.3. The normalized spacial score (nSPS) is 24.1. The SMILES string of the molecule is CC1CSC(=NCCc2cccs2)N1. The average Bonchev–Trinajstić information content (AvgIpc) is 2.77. The Hall–Kier alpha value is -0.480. The predicted molar refractivity (Wildman–Crippen MR) is 65.4 cm³/mol. The maximum absolute atomic E-state index is 4.52. The summed E-state index contributed by atoms with van der Waals surface area (Å²) in [5, 5.41) is 6.59. The largest absolute Gasteiger partial charge is 0.362 e. The van der Waals surface area contributed by atoms with E-state index < -0.39 is 0 Å². The average molecular weight is 226 g/mol. The van der Waals surface area contributed by atoms with Crippen molar-refractivity contribution in [2.24, 2.45) is 4.99 Å². The van der Waals surface area contributed by atoms with E-state index in [1.54, 1.807) is 0 Å². The zero-order valence-corrected chi connectivity index (χ0v) is 9.83. The summed E-state index contributed by atoms with van der Waals surface area (Å²) in [6.45, 7) is 3.09. The van der Waals surface area contributed by atoms with Crippen LogP contribution in [0.2, 0.25) is 0 Å². The van der Waals surface area contributed by atoms with Crippen LogP contribution in [-0.2, 0) is 6.42 Å². The molecule has 2 heterocycles. The highest BCUT2D eigenvalue weighted by Crippen LogP contribution is 2.14. The molecule has 1 aliphatic heterocycles. The first-order valence-corrected chi connectivity index (χ1v) is 6.67. The summed E-state index contributed by atoms with van der Waals surface area (Å²) in [5.74, 6) is 1.15. The third-order valence-electron chi connectivity index (χ3n) is 2.03. The molecular formula is C10H14N2S2. The van der Waals surface area contributed by atoms with E-state index >= 15 is 0 Å². The van der Waals surface area contributed by atoms with Gasteiger partial charge in [0.05, 0.1) is 0 Å². The van der Waals surface area contributed by atoms with Crippen molar-refractivity contribution in [3.05, 3.63) is 22.4 Å². The van der Waals surface area contributed by atoms with Crippen LogP contribution in [0.15, 0.2) is 22.5 Å². The molecule has 0 saturated carbocycles. The molecular weight excluding hydrogens is 212 g/mol. The molecule has 2 rings (SSSR count). The van der Waals surface area contributed by atoms with Gasteiger partial charge in [-0.25, -0.2) is 0 Å². The molecule has 2 nitrogen and oxygen atoms in total. The number of thioether (sulfide) groups is 1. The van der Waals surface area contributed by atoms with Gasteiger partial charge in [-0.3, -0.25) is 4.99 Å². The number of nitrogens with one attached hydrogen (secondary N) is 1. The smallest absolute Gasteiger partial charge is 0.156 e. The Labute approximate surface area is 92.8 Å². The molecule has 0 radical (unpaired) electrons. The van der Waals surface area contributed by atoms with Crippen LogP contribution in [0.5, 0.6) is 0 Å². The van der Waals surface area contributed by atoms with Gasteiger partial charge >= 0.3 is 0 Å². The van der Waals surface area contributed by atoms with Crippen molar-refractivity contribution in [3.8, 4) is 0 Å². The van der Waals surface area contributed by atoms with E-state index in [0.29, 0.717) is 6.04 Å². The lowest BCUT2D eigenvalue weighted by Crippen LogP contribution is -2.23. The highest BCUT2D eigenvalue weighted by Gasteiger charge is 2.14. The third-order valence-corrected chi connectivity index (χ3v) is 4.16. The van der Waals surface area contributed by atoms with Crippen molar-refractivity contribution in [2.75, 3.05) is 12.3 Å². The number of hydrogen-bond donors (Lipinski definition) is 1. The Morgan fingerprint density at radius 3 is 3.21 bits per heavy atom. The summed E-state index contributed by atoms with van der Waals surface area (Å²) >= 11 is 3.64. The molecule has 1 unspecified atom stereocenters. The molecule has 1 fully saturated rings. The molecule has 14 heavy (non-hydrogen) atoms. The predicted octanol–water partition coefficient (Wildman–Crippen LogP) is 2.37. The maximum atomic E-state index is 4.52.